The predicted molar refractivity (Wildman–Crippen MR) is 98.6 cm³/mol. The monoisotopic (exact) mass is 312 g/mol. The number of aliphatic hydroxyl groups is 1. The molecule has 4 N–H and O–H groups in total. The molecule has 1 aliphatic rings. The number of hydrogen-bond donors (Lipinski definition) is 3. The Morgan fingerprint density at radius 2 is 1.83 bits per heavy atom. The molecule has 3 heteroatoms. The molecule has 0 radical (unpaired) electrons. The van der Waals surface area contributed by atoms with Crippen molar-refractivity contribution >= 4 is 5.69 Å². The van der Waals surface area contributed by atoms with Gasteiger partial charge in [0.2, 0.25) is 0 Å². The molecule has 23 heavy (non-hydrogen) atoms. The largest absolute Gasteiger partial charge is 0.388 e. The van der Waals surface area contributed by atoms with Crippen LogP contribution < -0.4 is 11.1 Å². The molecule has 0 saturated heterocycles. The second-order valence-corrected chi connectivity index (χ2v) is 6.40. The molecule has 0 bridgehead atoms. The van der Waals surface area contributed by atoms with E-state index in [0.717, 1.165) is 12.1 Å². The number of para-hydroxylation sites is 1. The zero-order valence-electron chi connectivity index (χ0n) is 13.7. The second kappa shape index (κ2) is 7.62. The Hall–Kier alpha value is -1.84. The van der Waals surface area contributed by atoms with Gasteiger partial charge in [-0.25, -0.2) is 0 Å². The first kappa shape index (κ1) is 17.5. The Morgan fingerprint density at radius 1 is 1.17 bits per heavy atom. The average molecular weight is 312 g/mol. The Bertz CT molecular complexity index is 557. The summed E-state index contributed by atoms with van der Waals surface area (Å²) in [7, 11) is 0. The third kappa shape index (κ3) is 3.74. The van der Waals surface area contributed by atoms with Gasteiger partial charge in [-0.3, -0.25) is 0 Å². The van der Waals surface area contributed by atoms with Gasteiger partial charge in [-0.2, -0.15) is 0 Å². The highest BCUT2D eigenvalue weighted by atomic mass is 16.3. The highest BCUT2D eigenvalue weighted by molar-refractivity contribution is 5.59. The van der Waals surface area contributed by atoms with Gasteiger partial charge in [0.25, 0.3) is 0 Å². The molecule has 0 fully saturated rings. The molecule has 0 aromatic heterocycles. The fraction of sp³-hybridized carbons (Fsp3) is 0.400. The number of rotatable bonds is 9. The minimum atomic E-state index is -0.986. The third-order valence-corrected chi connectivity index (χ3v) is 4.80. The highest BCUT2D eigenvalue weighted by Gasteiger charge is 2.38. The Morgan fingerprint density at radius 3 is 2.43 bits per heavy atom. The van der Waals surface area contributed by atoms with Crippen LogP contribution in [0.1, 0.15) is 37.2 Å². The molecule has 1 heterocycles. The number of anilines is 1. The van der Waals surface area contributed by atoms with E-state index in [1.165, 1.54) is 5.56 Å². The van der Waals surface area contributed by atoms with Crippen molar-refractivity contribution in [1.29, 1.82) is 0 Å². The van der Waals surface area contributed by atoms with Gasteiger partial charge in [-0.15, -0.1) is 19.7 Å². The Kier molecular flexibility index (Phi) is 5.80. The van der Waals surface area contributed by atoms with Crippen molar-refractivity contribution in [3.63, 3.8) is 0 Å². The summed E-state index contributed by atoms with van der Waals surface area (Å²) in [6.07, 6.45) is 7.90. The average Bonchev–Trinajstić information content (AvgIpc) is 2.86. The molecule has 0 aliphatic carbocycles. The van der Waals surface area contributed by atoms with Crippen LogP contribution in [0, 0.1) is 0 Å². The van der Waals surface area contributed by atoms with Crippen LogP contribution >= 0.6 is 0 Å². The first-order chi connectivity index (χ1) is 11.1. The van der Waals surface area contributed by atoms with Crippen LogP contribution in [0.25, 0.3) is 0 Å². The van der Waals surface area contributed by atoms with Crippen LogP contribution in [0.15, 0.2) is 62.2 Å². The molecule has 2 rings (SSSR count). The lowest BCUT2D eigenvalue weighted by molar-refractivity contribution is 0.0146. The van der Waals surface area contributed by atoms with Gasteiger partial charge >= 0.3 is 0 Å². The van der Waals surface area contributed by atoms with Crippen molar-refractivity contribution in [3.05, 3.63) is 67.8 Å². The smallest absolute Gasteiger partial charge is 0.0866 e. The molecular weight excluding hydrogens is 284 g/mol. The molecule has 1 aromatic carbocycles. The van der Waals surface area contributed by atoms with Crippen molar-refractivity contribution in [2.45, 2.75) is 49.3 Å². The third-order valence-electron chi connectivity index (χ3n) is 4.80. The van der Waals surface area contributed by atoms with Crippen LogP contribution in [-0.2, 0) is 0 Å². The predicted octanol–water partition coefficient (Wildman–Crippen LogP) is 3.74. The Labute approximate surface area is 139 Å². The maximum absolute atomic E-state index is 10.9. The molecule has 1 aromatic rings. The van der Waals surface area contributed by atoms with E-state index in [0.29, 0.717) is 19.3 Å². The maximum atomic E-state index is 10.9. The first-order valence-corrected chi connectivity index (χ1v) is 8.21. The number of benzene rings is 1. The first-order valence-electron chi connectivity index (χ1n) is 8.21. The molecule has 1 aliphatic heterocycles. The second-order valence-electron chi connectivity index (χ2n) is 6.40. The zero-order valence-corrected chi connectivity index (χ0v) is 13.7. The van der Waals surface area contributed by atoms with Crippen molar-refractivity contribution in [3.8, 4) is 0 Å². The van der Waals surface area contributed by atoms with Gasteiger partial charge in [0.05, 0.1) is 5.60 Å². The minimum Gasteiger partial charge on any atom is -0.388 e. The number of fused-ring (bicyclic) bond motifs is 1. The quantitative estimate of drug-likeness (QED) is 0.609. The molecule has 0 spiro atoms. The van der Waals surface area contributed by atoms with E-state index < -0.39 is 5.60 Å². The zero-order chi connectivity index (χ0) is 16.9. The summed E-state index contributed by atoms with van der Waals surface area (Å²) in [5.74, 6) is 0.264. The van der Waals surface area contributed by atoms with Crippen molar-refractivity contribution in [1.82, 2.24) is 0 Å². The van der Waals surface area contributed by atoms with Gasteiger partial charge in [0.1, 0.15) is 0 Å². The van der Waals surface area contributed by atoms with E-state index in [2.05, 4.69) is 43.3 Å². The molecule has 3 atom stereocenters. The van der Waals surface area contributed by atoms with Gasteiger partial charge in [0.15, 0.2) is 0 Å². The molecule has 0 unspecified atom stereocenters. The van der Waals surface area contributed by atoms with Crippen LogP contribution in [0.3, 0.4) is 0 Å². The van der Waals surface area contributed by atoms with E-state index in [-0.39, 0.29) is 18.0 Å². The fourth-order valence-corrected chi connectivity index (χ4v) is 3.54. The molecule has 0 amide bonds. The van der Waals surface area contributed by atoms with Crippen molar-refractivity contribution < 1.29 is 5.11 Å². The number of nitrogens with two attached hydrogens (primary N) is 1. The van der Waals surface area contributed by atoms with E-state index >= 15 is 0 Å². The summed E-state index contributed by atoms with van der Waals surface area (Å²) in [6.45, 7) is 11.4. The van der Waals surface area contributed by atoms with Gasteiger partial charge < -0.3 is 16.2 Å². The minimum absolute atomic E-state index is 0.264. The summed E-state index contributed by atoms with van der Waals surface area (Å²) >= 11 is 0. The van der Waals surface area contributed by atoms with Gasteiger partial charge in [-0.05, 0) is 37.3 Å². The molecule has 124 valence electrons. The number of nitrogens with one attached hydrogen (secondary N) is 1. The maximum Gasteiger partial charge on any atom is 0.0866 e. The van der Waals surface area contributed by atoms with E-state index in [9.17, 15) is 5.11 Å². The summed E-state index contributed by atoms with van der Waals surface area (Å²) in [5.41, 5.74) is 7.87. The highest BCUT2D eigenvalue weighted by Crippen LogP contribution is 2.41. The molecular formula is C20H28N2O. The lowest BCUT2D eigenvalue weighted by Crippen LogP contribution is -2.48. The molecule has 0 saturated carbocycles. The van der Waals surface area contributed by atoms with E-state index in [1.54, 1.807) is 12.2 Å². The van der Waals surface area contributed by atoms with E-state index in [4.69, 9.17) is 5.73 Å². The topological polar surface area (TPSA) is 58.3 Å². The lowest BCUT2D eigenvalue weighted by atomic mass is 9.79. The van der Waals surface area contributed by atoms with Crippen LogP contribution in [0.5, 0.6) is 0 Å². The SMILES string of the molecule is C=CC[C@H]1Nc2ccccc2[C@@H]1C[C@H](N)C(O)(CC=C)CC=C. The van der Waals surface area contributed by atoms with E-state index in [1.807, 2.05) is 12.1 Å². The lowest BCUT2D eigenvalue weighted by Gasteiger charge is -2.35. The summed E-state index contributed by atoms with van der Waals surface area (Å²) in [5, 5.41) is 14.5. The van der Waals surface area contributed by atoms with Crippen molar-refractivity contribution in [2.75, 3.05) is 5.32 Å². The molecule has 3 nitrogen and oxygen atoms in total. The summed E-state index contributed by atoms with van der Waals surface area (Å²) in [4.78, 5) is 0. The van der Waals surface area contributed by atoms with Gasteiger partial charge in [-0.1, -0.05) is 36.4 Å². The Balaban J connectivity index is 2.22. The van der Waals surface area contributed by atoms with Gasteiger partial charge in [0, 0.05) is 23.7 Å². The number of hydrogen-bond acceptors (Lipinski definition) is 3. The van der Waals surface area contributed by atoms with Crippen LogP contribution in [-0.4, -0.2) is 22.8 Å². The van der Waals surface area contributed by atoms with Crippen LogP contribution in [0.2, 0.25) is 0 Å². The van der Waals surface area contributed by atoms with Crippen LogP contribution in [0.4, 0.5) is 5.69 Å². The van der Waals surface area contributed by atoms with Crippen molar-refractivity contribution in [2.24, 2.45) is 5.73 Å². The standard InChI is InChI=1S/C20H28N2O/c1-4-9-17-16(15-10-7-8-11-18(15)22-17)14-19(21)20(23,12-5-2)13-6-3/h4-8,10-11,16-17,19,22-23H,1-3,9,12-14,21H2/t16-,17+,19-/m0/s1. The summed E-state index contributed by atoms with van der Waals surface area (Å²) < 4.78 is 0. The fourth-order valence-electron chi connectivity index (χ4n) is 3.54. The summed E-state index contributed by atoms with van der Waals surface area (Å²) in [6, 6.07) is 8.25. The normalized spacial score (nSPS) is 21.1.